The van der Waals surface area contributed by atoms with Crippen LogP contribution in [0.3, 0.4) is 0 Å². The standard InChI is InChI=1S/C21H21NO5/c1-15-7-8-18-16(13-26-19(18)11-15)12-21(24)27-14-20(23)22-9-10-25-17-5-3-2-4-6-17/h2-8,11,13H,9-10,12,14H2,1H3,(H,22,23). The summed E-state index contributed by atoms with van der Waals surface area (Å²) < 4.78 is 16.0. The summed E-state index contributed by atoms with van der Waals surface area (Å²) in [7, 11) is 0. The number of benzene rings is 2. The first-order chi connectivity index (χ1) is 13.1. The molecule has 0 spiro atoms. The summed E-state index contributed by atoms with van der Waals surface area (Å²) >= 11 is 0. The van der Waals surface area contributed by atoms with Gasteiger partial charge in [0.25, 0.3) is 5.91 Å². The molecule has 0 fully saturated rings. The van der Waals surface area contributed by atoms with Gasteiger partial charge in [0.2, 0.25) is 0 Å². The van der Waals surface area contributed by atoms with Crippen molar-refractivity contribution in [2.45, 2.75) is 13.3 Å². The molecule has 2 aromatic carbocycles. The molecule has 0 aliphatic heterocycles. The van der Waals surface area contributed by atoms with E-state index in [0.29, 0.717) is 13.2 Å². The van der Waals surface area contributed by atoms with E-state index in [9.17, 15) is 9.59 Å². The van der Waals surface area contributed by atoms with E-state index in [-0.39, 0.29) is 18.9 Å². The van der Waals surface area contributed by atoms with Crippen LogP contribution in [0.1, 0.15) is 11.1 Å². The lowest BCUT2D eigenvalue weighted by molar-refractivity contribution is -0.147. The quantitative estimate of drug-likeness (QED) is 0.489. The molecule has 0 atom stereocenters. The van der Waals surface area contributed by atoms with Crippen molar-refractivity contribution in [2.75, 3.05) is 19.8 Å². The van der Waals surface area contributed by atoms with Crippen molar-refractivity contribution in [3.8, 4) is 5.75 Å². The Morgan fingerprint density at radius 2 is 1.93 bits per heavy atom. The Morgan fingerprint density at radius 1 is 1.11 bits per heavy atom. The second-order valence-electron chi connectivity index (χ2n) is 6.11. The normalized spacial score (nSPS) is 10.6. The molecule has 6 heteroatoms. The van der Waals surface area contributed by atoms with Crippen LogP contribution in [0.5, 0.6) is 5.75 Å². The van der Waals surface area contributed by atoms with Crippen LogP contribution in [-0.4, -0.2) is 31.6 Å². The number of aryl methyl sites for hydroxylation is 1. The molecule has 0 aliphatic rings. The molecule has 0 bridgehead atoms. The number of amides is 1. The van der Waals surface area contributed by atoms with Crippen molar-refractivity contribution in [2.24, 2.45) is 0 Å². The van der Waals surface area contributed by atoms with Crippen LogP contribution in [0.2, 0.25) is 0 Å². The van der Waals surface area contributed by atoms with Gasteiger partial charge in [-0.3, -0.25) is 9.59 Å². The third-order valence-corrected chi connectivity index (χ3v) is 3.95. The number of fused-ring (bicyclic) bond motifs is 1. The van der Waals surface area contributed by atoms with Gasteiger partial charge in [0.05, 0.1) is 19.2 Å². The van der Waals surface area contributed by atoms with E-state index in [2.05, 4.69) is 5.32 Å². The SMILES string of the molecule is Cc1ccc2c(CC(=O)OCC(=O)NCCOc3ccccc3)coc2c1. The van der Waals surface area contributed by atoms with Crippen molar-refractivity contribution < 1.29 is 23.5 Å². The molecule has 27 heavy (non-hydrogen) atoms. The molecule has 0 unspecified atom stereocenters. The molecular formula is C21H21NO5. The van der Waals surface area contributed by atoms with Crippen molar-refractivity contribution in [1.82, 2.24) is 5.32 Å². The molecule has 0 saturated heterocycles. The average Bonchev–Trinajstić information content (AvgIpc) is 3.06. The third kappa shape index (κ3) is 5.34. The molecule has 3 aromatic rings. The largest absolute Gasteiger partial charge is 0.492 e. The lowest BCUT2D eigenvalue weighted by atomic mass is 10.1. The number of nitrogens with one attached hydrogen (secondary N) is 1. The second kappa shape index (κ2) is 8.89. The lowest BCUT2D eigenvalue weighted by Gasteiger charge is -2.08. The predicted octanol–water partition coefficient (Wildman–Crippen LogP) is 3.02. The molecule has 0 aliphatic carbocycles. The highest BCUT2D eigenvalue weighted by atomic mass is 16.5. The van der Waals surface area contributed by atoms with Gasteiger partial charge in [-0.05, 0) is 30.7 Å². The molecule has 0 saturated carbocycles. The van der Waals surface area contributed by atoms with E-state index in [4.69, 9.17) is 13.9 Å². The van der Waals surface area contributed by atoms with Crippen LogP contribution in [0.15, 0.2) is 59.2 Å². The number of carbonyl (C=O) groups excluding carboxylic acids is 2. The molecule has 6 nitrogen and oxygen atoms in total. The highest BCUT2D eigenvalue weighted by Crippen LogP contribution is 2.22. The van der Waals surface area contributed by atoms with Crippen LogP contribution in [0.25, 0.3) is 11.0 Å². The van der Waals surface area contributed by atoms with Gasteiger partial charge in [0.1, 0.15) is 17.9 Å². The van der Waals surface area contributed by atoms with Crippen LogP contribution in [0.4, 0.5) is 0 Å². The van der Waals surface area contributed by atoms with Gasteiger partial charge in [0, 0.05) is 10.9 Å². The van der Waals surface area contributed by atoms with Crippen molar-refractivity contribution in [3.05, 3.63) is 65.9 Å². The van der Waals surface area contributed by atoms with Crippen LogP contribution >= 0.6 is 0 Å². The first-order valence-electron chi connectivity index (χ1n) is 8.69. The number of carbonyl (C=O) groups is 2. The number of esters is 1. The number of rotatable bonds is 8. The molecule has 1 heterocycles. The fourth-order valence-corrected chi connectivity index (χ4v) is 2.61. The number of ether oxygens (including phenoxy) is 2. The Balaban J connectivity index is 1.37. The van der Waals surface area contributed by atoms with Gasteiger partial charge in [0.15, 0.2) is 6.61 Å². The first kappa shape index (κ1) is 18.5. The van der Waals surface area contributed by atoms with Gasteiger partial charge >= 0.3 is 5.97 Å². The number of hydrogen-bond donors (Lipinski definition) is 1. The van der Waals surface area contributed by atoms with Crippen molar-refractivity contribution in [3.63, 3.8) is 0 Å². The van der Waals surface area contributed by atoms with E-state index in [1.807, 2.05) is 55.5 Å². The molecule has 1 amide bonds. The molecule has 0 radical (unpaired) electrons. The molecular weight excluding hydrogens is 346 g/mol. The number of furan rings is 1. The molecule has 1 N–H and O–H groups in total. The van der Waals surface area contributed by atoms with E-state index in [1.165, 1.54) is 0 Å². The van der Waals surface area contributed by atoms with Crippen LogP contribution < -0.4 is 10.1 Å². The zero-order valence-corrected chi connectivity index (χ0v) is 15.1. The minimum Gasteiger partial charge on any atom is -0.492 e. The predicted molar refractivity (Wildman–Crippen MR) is 101 cm³/mol. The van der Waals surface area contributed by atoms with Gasteiger partial charge in [-0.2, -0.15) is 0 Å². The Morgan fingerprint density at radius 3 is 2.74 bits per heavy atom. The van der Waals surface area contributed by atoms with Crippen molar-refractivity contribution in [1.29, 1.82) is 0 Å². The number of hydrogen-bond acceptors (Lipinski definition) is 5. The van der Waals surface area contributed by atoms with Crippen LogP contribution in [-0.2, 0) is 20.7 Å². The minimum absolute atomic E-state index is 0.0560. The summed E-state index contributed by atoms with van der Waals surface area (Å²) in [6, 6.07) is 15.1. The number of para-hydroxylation sites is 1. The Kier molecular flexibility index (Phi) is 6.10. The molecule has 140 valence electrons. The Hall–Kier alpha value is -3.28. The fourth-order valence-electron chi connectivity index (χ4n) is 2.61. The minimum atomic E-state index is -0.478. The Labute approximate surface area is 157 Å². The average molecular weight is 367 g/mol. The van der Waals surface area contributed by atoms with Gasteiger partial charge in [-0.1, -0.05) is 30.3 Å². The van der Waals surface area contributed by atoms with Crippen molar-refractivity contribution >= 4 is 22.8 Å². The summed E-state index contributed by atoms with van der Waals surface area (Å²) in [5.74, 6) is -0.109. The smallest absolute Gasteiger partial charge is 0.310 e. The summed E-state index contributed by atoms with van der Waals surface area (Å²) in [5.41, 5.74) is 2.56. The van der Waals surface area contributed by atoms with Gasteiger partial charge in [-0.25, -0.2) is 0 Å². The van der Waals surface area contributed by atoms with E-state index in [0.717, 1.165) is 27.8 Å². The maximum atomic E-state index is 12.0. The monoisotopic (exact) mass is 367 g/mol. The van der Waals surface area contributed by atoms with Gasteiger partial charge in [-0.15, -0.1) is 0 Å². The maximum Gasteiger partial charge on any atom is 0.310 e. The first-order valence-corrected chi connectivity index (χ1v) is 8.69. The van der Waals surface area contributed by atoms with E-state index in [1.54, 1.807) is 6.26 Å². The Bertz CT molecular complexity index is 917. The van der Waals surface area contributed by atoms with Crippen LogP contribution in [0, 0.1) is 6.92 Å². The lowest BCUT2D eigenvalue weighted by Crippen LogP contribution is -2.32. The summed E-state index contributed by atoms with van der Waals surface area (Å²) in [5, 5.41) is 3.52. The highest BCUT2D eigenvalue weighted by molar-refractivity contribution is 5.87. The summed E-state index contributed by atoms with van der Waals surface area (Å²) in [4.78, 5) is 23.7. The zero-order valence-electron chi connectivity index (χ0n) is 15.1. The third-order valence-electron chi connectivity index (χ3n) is 3.95. The van der Waals surface area contributed by atoms with Gasteiger partial charge < -0.3 is 19.2 Å². The topological polar surface area (TPSA) is 77.8 Å². The maximum absolute atomic E-state index is 12.0. The summed E-state index contributed by atoms with van der Waals surface area (Å²) in [6.45, 7) is 2.32. The highest BCUT2D eigenvalue weighted by Gasteiger charge is 2.13. The molecule has 3 rings (SSSR count). The molecule has 1 aromatic heterocycles. The second-order valence-corrected chi connectivity index (χ2v) is 6.11. The fraction of sp³-hybridized carbons (Fsp3) is 0.238. The van der Waals surface area contributed by atoms with E-state index < -0.39 is 5.97 Å². The summed E-state index contributed by atoms with van der Waals surface area (Å²) in [6.07, 6.45) is 1.60. The zero-order chi connectivity index (χ0) is 19.1. The van der Waals surface area contributed by atoms with E-state index >= 15 is 0 Å².